The summed E-state index contributed by atoms with van der Waals surface area (Å²) in [7, 11) is 3.59. The van der Waals surface area contributed by atoms with Crippen molar-refractivity contribution in [3.05, 3.63) is 18.0 Å². The predicted octanol–water partition coefficient (Wildman–Crippen LogP) is 0.845. The number of nitrogens with zero attached hydrogens (tertiary/aromatic N) is 2. The van der Waals surface area contributed by atoms with Crippen LogP contribution in [0.3, 0.4) is 0 Å². The summed E-state index contributed by atoms with van der Waals surface area (Å²) >= 11 is 0. The van der Waals surface area contributed by atoms with E-state index in [0.717, 1.165) is 12.1 Å². The lowest BCUT2D eigenvalue weighted by molar-refractivity contribution is 0.104. The van der Waals surface area contributed by atoms with Crippen LogP contribution in [-0.4, -0.2) is 23.0 Å². The van der Waals surface area contributed by atoms with Crippen LogP contribution in [0.2, 0.25) is 0 Å². The van der Waals surface area contributed by atoms with E-state index in [4.69, 9.17) is 10.5 Å². The summed E-state index contributed by atoms with van der Waals surface area (Å²) in [5.74, 6) is 0. The molecule has 0 saturated carbocycles. The fourth-order valence-electron chi connectivity index (χ4n) is 1.32. The maximum absolute atomic E-state index is 5.98. The first kappa shape index (κ1) is 10.2. The van der Waals surface area contributed by atoms with Gasteiger partial charge in [-0.15, -0.1) is 0 Å². The summed E-state index contributed by atoms with van der Waals surface area (Å²) < 4.78 is 6.95. The average Bonchev–Trinajstić information content (AvgIpc) is 2.51. The number of ether oxygens (including phenoxy) is 1. The fraction of sp³-hybridized carbons (Fsp3) is 0.667. The van der Waals surface area contributed by atoms with Gasteiger partial charge in [0.2, 0.25) is 0 Å². The third-order valence-corrected chi connectivity index (χ3v) is 2.23. The van der Waals surface area contributed by atoms with Crippen molar-refractivity contribution in [1.82, 2.24) is 9.78 Å². The van der Waals surface area contributed by atoms with Gasteiger partial charge in [0.15, 0.2) is 0 Å². The molecule has 0 amide bonds. The van der Waals surface area contributed by atoms with Crippen molar-refractivity contribution < 1.29 is 4.74 Å². The predicted molar refractivity (Wildman–Crippen MR) is 51.2 cm³/mol. The summed E-state index contributed by atoms with van der Waals surface area (Å²) in [6.07, 6.45) is 2.76. The minimum Gasteiger partial charge on any atom is -0.382 e. The van der Waals surface area contributed by atoms with Gasteiger partial charge in [-0.2, -0.15) is 5.10 Å². The molecule has 4 nitrogen and oxygen atoms in total. The molecule has 0 aliphatic heterocycles. The summed E-state index contributed by atoms with van der Waals surface area (Å²) in [4.78, 5) is 0. The maximum atomic E-state index is 5.98. The third kappa shape index (κ3) is 2.54. The molecule has 2 N–H and O–H groups in total. The first-order valence-electron chi connectivity index (χ1n) is 4.41. The second kappa shape index (κ2) is 4.39. The van der Waals surface area contributed by atoms with Gasteiger partial charge in [0.1, 0.15) is 0 Å². The Morgan fingerprint density at radius 2 is 2.38 bits per heavy atom. The molecule has 0 spiro atoms. The molecule has 4 heteroatoms. The van der Waals surface area contributed by atoms with Crippen LogP contribution in [0.5, 0.6) is 0 Å². The molecule has 0 fully saturated rings. The molecule has 13 heavy (non-hydrogen) atoms. The minimum absolute atomic E-state index is 0.00227. The van der Waals surface area contributed by atoms with Crippen molar-refractivity contribution in [3.63, 3.8) is 0 Å². The molecular formula is C9H17N3O. The number of hydrogen-bond donors (Lipinski definition) is 1. The van der Waals surface area contributed by atoms with Crippen LogP contribution in [-0.2, 0) is 11.8 Å². The molecule has 1 aromatic rings. The number of aromatic nitrogens is 2. The van der Waals surface area contributed by atoms with Gasteiger partial charge in [-0.3, -0.25) is 4.68 Å². The number of aryl methyl sites for hydroxylation is 1. The van der Waals surface area contributed by atoms with Gasteiger partial charge in [0, 0.05) is 26.4 Å². The molecule has 2 atom stereocenters. The molecule has 0 saturated heterocycles. The SMILES string of the molecule is COC(C)CC(N)c1ccnn1C. The van der Waals surface area contributed by atoms with Crippen LogP contribution in [0.25, 0.3) is 0 Å². The second-order valence-corrected chi connectivity index (χ2v) is 3.27. The van der Waals surface area contributed by atoms with Crippen molar-refractivity contribution in [1.29, 1.82) is 0 Å². The Bertz CT molecular complexity index is 259. The number of methoxy groups -OCH3 is 1. The van der Waals surface area contributed by atoms with Gasteiger partial charge < -0.3 is 10.5 Å². The van der Waals surface area contributed by atoms with Crippen molar-refractivity contribution in [2.45, 2.75) is 25.5 Å². The largest absolute Gasteiger partial charge is 0.382 e. The fourth-order valence-corrected chi connectivity index (χ4v) is 1.32. The van der Waals surface area contributed by atoms with Gasteiger partial charge in [-0.1, -0.05) is 0 Å². The highest BCUT2D eigenvalue weighted by Crippen LogP contribution is 2.15. The molecular weight excluding hydrogens is 166 g/mol. The second-order valence-electron chi connectivity index (χ2n) is 3.27. The van der Waals surface area contributed by atoms with Crippen molar-refractivity contribution in [3.8, 4) is 0 Å². The summed E-state index contributed by atoms with van der Waals surface area (Å²) in [5, 5.41) is 4.07. The van der Waals surface area contributed by atoms with Gasteiger partial charge >= 0.3 is 0 Å². The van der Waals surface area contributed by atoms with E-state index >= 15 is 0 Å². The highest BCUT2D eigenvalue weighted by atomic mass is 16.5. The van der Waals surface area contributed by atoms with Crippen LogP contribution in [0.1, 0.15) is 25.1 Å². The molecule has 0 radical (unpaired) electrons. The van der Waals surface area contributed by atoms with E-state index in [-0.39, 0.29) is 12.1 Å². The summed E-state index contributed by atoms with van der Waals surface area (Å²) in [6, 6.07) is 1.94. The molecule has 2 unspecified atom stereocenters. The maximum Gasteiger partial charge on any atom is 0.0561 e. The lowest BCUT2D eigenvalue weighted by atomic mass is 10.1. The Morgan fingerprint density at radius 1 is 1.69 bits per heavy atom. The lowest BCUT2D eigenvalue weighted by Crippen LogP contribution is -2.20. The number of hydrogen-bond acceptors (Lipinski definition) is 3. The smallest absolute Gasteiger partial charge is 0.0561 e. The van der Waals surface area contributed by atoms with Gasteiger partial charge in [0.25, 0.3) is 0 Å². The van der Waals surface area contributed by atoms with E-state index in [1.165, 1.54) is 0 Å². The third-order valence-electron chi connectivity index (χ3n) is 2.23. The summed E-state index contributed by atoms with van der Waals surface area (Å²) in [6.45, 7) is 2.01. The quantitative estimate of drug-likeness (QED) is 0.752. The Balaban J connectivity index is 2.58. The molecule has 1 rings (SSSR count). The van der Waals surface area contributed by atoms with Crippen LogP contribution >= 0.6 is 0 Å². The van der Waals surface area contributed by atoms with Crippen LogP contribution in [0.15, 0.2) is 12.3 Å². The number of nitrogens with two attached hydrogens (primary N) is 1. The Labute approximate surface area is 78.7 Å². The van der Waals surface area contributed by atoms with Crippen molar-refractivity contribution in [2.24, 2.45) is 12.8 Å². The molecule has 0 aliphatic rings. The lowest BCUT2D eigenvalue weighted by Gasteiger charge is -2.16. The minimum atomic E-state index is 0.00227. The van der Waals surface area contributed by atoms with Gasteiger partial charge in [-0.05, 0) is 19.4 Å². The first-order chi connectivity index (χ1) is 6.15. The first-order valence-corrected chi connectivity index (χ1v) is 4.41. The highest BCUT2D eigenvalue weighted by Gasteiger charge is 2.13. The van der Waals surface area contributed by atoms with E-state index in [1.807, 2.05) is 20.0 Å². The van der Waals surface area contributed by atoms with E-state index in [9.17, 15) is 0 Å². The molecule has 1 heterocycles. The average molecular weight is 183 g/mol. The van der Waals surface area contributed by atoms with E-state index in [0.29, 0.717) is 0 Å². The van der Waals surface area contributed by atoms with Crippen LogP contribution in [0, 0.1) is 0 Å². The van der Waals surface area contributed by atoms with Crippen LogP contribution < -0.4 is 5.73 Å². The van der Waals surface area contributed by atoms with Gasteiger partial charge in [-0.25, -0.2) is 0 Å². The normalized spacial score (nSPS) is 15.7. The van der Waals surface area contributed by atoms with Crippen LogP contribution in [0.4, 0.5) is 0 Å². The Kier molecular flexibility index (Phi) is 3.45. The molecule has 0 aliphatic carbocycles. The topological polar surface area (TPSA) is 53.1 Å². The van der Waals surface area contributed by atoms with E-state index in [2.05, 4.69) is 5.10 Å². The number of rotatable bonds is 4. The zero-order chi connectivity index (χ0) is 9.84. The highest BCUT2D eigenvalue weighted by molar-refractivity contribution is 5.05. The Hall–Kier alpha value is -0.870. The Morgan fingerprint density at radius 3 is 2.85 bits per heavy atom. The van der Waals surface area contributed by atoms with Crippen molar-refractivity contribution >= 4 is 0 Å². The molecule has 1 aromatic heterocycles. The zero-order valence-electron chi connectivity index (χ0n) is 8.40. The molecule has 0 bridgehead atoms. The molecule has 0 aromatic carbocycles. The van der Waals surface area contributed by atoms with E-state index in [1.54, 1.807) is 18.0 Å². The zero-order valence-corrected chi connectivity index (χ0v) is 8.40. The van der Waals surface area contributed by atoms with Gasteiger partial charge in [0.05, 0.1) is 11.8 Å². The monoisotopic (exact) mass is 183 g/mol. The molecule has 74 valence electrons. The summed E-state index contributed by atoms with van der Waals surface area (Å²) in [5.41, 5.74) is 7.02. The standard InChI is InChI=1S/C9H17N3O/c1-7(13-3)6-8(10)9-4-5-11-12(9)2/h4-5,7-8H,6,10H2,1-3H3. The van der Waals surface area contributed by atoms with Crippen molar-refractivity contribution in [2.75, 3.05) is 7.11 Å². The van der Waals surface area contributed by atoms with E-state index < -0.39 is 0 Å².